The van der Waals surface area contributed by atoms with E-state index in [9.17, 15) is 4.79 Å². The highest BCUT2D eigenvalue weighted by Crippen LogP contribution is 2.29. The number of carbonyl (C=O) groups excluding carboxylic acids is 1. The molecular formula is C37H44N2O3. The number of primary amides is 1. The van der Waals surface area contributed by atoms with Crippen LogP contribution in [0.5, 0.6) is 11.5 Å². The van der Waals surface area contributed by atoms with Crippen LogP contribution in [0.2, 0.25) is 0 Å². The molecule has 0 aliphatic carbocycles. The van der Waals surface area contributed by atoms with Gasteiger partial charge >= 0.3 is 0 Å². The Morgan fingerprint density at radius 3 is 1.81 bits per heavy atom. The Hall–Kier alpha value is -4.25. The number of anilines is 1. The van der Waals surface area contributed by atoms with Crippen molar-refractivity contribution in [3.63, 3.8) is 0 Å². The molecule has 2 N–H and O–H groups in total. The molecule has 0 saturated heterocycles. The first kappa shape index (κ1) is 30.7. The fraction of sp³-hybridized carbons (Fsp3) is 0.324. The Balaban J connectivity index is 1.41. The number of carbonyl (C=O) groups is 1. The number of rotatable bonds is 18. The summed E-state index contributed by atoms with van der Waals surface area (Å²) >= 11 is 0. The molecule has 0 aliphatic heterocycles. The lowest BCUT2D eigenvalue weighted by Crippen LogP contribution is -2.28. The number of aryl methyl sites for hydroxylation is 1. The van der Waals surface area contributed by atoms with E-state index in [4.69, 9.17) is 15.2 Å². The number of unbranched alkanes of at least 4 members (excludes halogenated alkanes) is 1. The van der Waals surface area contributed by atoms with Crippen molar-refractivity contribution >= 4 is 11.6 Å². The second-order valence-corrected chi connectivity index (χ2v) is 10.7. The fourth-order valence-corrected chi connectivity index (χ4v) is 5.10. The molecule has 0 spiro atoms. The molecule has 0 unspecified atom stereocenters. The van der Waals surface area contributed by atoms with Gasteiger partial charge in [-0.15, -0.1) is 0 Å². The van der Waals surface area contributed by atoms with Gasteiger partial charge in [-0.25, -0.2) is 0 Å². The number of hydrogen-bond acceptors (Lipinski definition) is 4. The Kier molecular flexibility index (Phi) is 12.3. The second-order valence-electron chi connectivity index (χ2n) is 10.7. The van der Waals surface area contributed by atoms with Crippen molar-refractivity contribution < 1.29 is 14.3 Å². The van der Waals surface area contributed by atoms with Crippen molar-refractivity contribution in [3.05, 3.63) is 126 Å². The topological polar surface area (TPSA) is 64.8 Å². The lowest BCUT2D eigenvalue weighted by Gasteiger charge is -2.28. The van der Waals surface area contributed by atoms with Gasteiger partial charge in [-0.3, -0.25) is 4.79 Å². The molecule has 0 bridgehead atoms. The molecule has 0 aliphatic rings. The van der Waals surface area contributed by atoms with Crippen molar-refractivity contribution in [2.75, 3.05) is 31.2 Å². The molecule has 0 saturated carbocycles. The number of hydrogen-bond donors (Lipinski definition) is 1. The van der Waals surface area contributed by atoms with Crippen LogP contribution in [0.15, 0.2) is 109 Å². The Bertz CT molecular complexity index is 1270. The molecule has 1 amide bonds. The predicted octanol–water partition coefficient (Wildman–Crippen LogP) is 7.78. The van der Waals surface area contributed by atoms with E-state index in [2.05, 4.69) is 96.8 Å². The van der Waals surface area contributed by atoms with Crippen LogP contribution in [-0.2, 0) is 11.2 Å². The maximum Gasteiger partial charge on any atom is 0.217 e. The largest absolute Gasteiger partial charge is 0.494 e. The average Bonchev–Trinajstić information content (AvgIpc) is 3.03. The number of benzene rings is 4. The normalized spacial score (nSPS) is 10.9. The van der Waals surface area contributed by atoms with Gasteiger partial charge in [0.2, 0.25) is 5.91 Å². The molecule has 0 heterocycles. The zero-order valence-electron chi connectivity index (χ0n) is 24.8. The summed E-state index contributed by atoms with van der Waals surface area (Å²) in [6.07, 6.45) is 5.08. The minimum Gasteiger partial charge on any atom is -0.494 e. The number of ether oxygens (including phenoxy) is 2. The first-order valence-corrected chi connectivity index (χ1v) is 15.2. The summed E-state index contributed by atoms with van der Waals surface area (Å²) in [5, 5.41) is 0. The van der Waals surface area contributed by atoms with E-state index in [0.29, 0.717) is 25.4 Å². The van der Waals surface area contributed by atoms with E-state index in [1.807, 2.05) is 24.3 Å². The van der Waals surface area contributed by atoms with Gasteiger partial charge in [-0.1, -0.05) is 86.1 Å². The molecule has 42 heavy (non-hydrogen) atoms. The first-order valence-electron chi connectivity index (χ1n) is 15.2. The van der Waals surface area contributed by atoms with Crippen LogP contribution in [0.25, 0.3) is 0 Å². The third-order valence-electron chi connectivity index (χ3n) is 7.48. The minimum absolute atomic E-state index is 0.280. The zero-order valence-corrected chi connectivity index (χ0v) is 24.8. The first-order chi connectivity index (χ1) is 20.6. The molecule has 4 rings (SSSR count). The maximum absolute atomic E-state index is 11.1. The van der Waals surface area contributed by atoms with E-state index >= 15 is 0 Å². The Morgan fingerprint density at radius 1 is 0.714 bits per heavy atom. The van der Waals surface area contributed by atoms with Crippen LogP contribution in [0.3, 0.4) is 0 Å². The summed E-state index contributed by atoms with van der Waals surface area (Å²) in [6, 6.07) is 38.1. The molecule has 0 atom stereocenters. The Morgan fingerprint density at radius 2 is 1.26 bits per heavy atom. The second kappa shape index (κ2) is 16.9. The molecule has 5 nitrogen and oxygen atoms in total. The molecule has 4 aromatic carbocycles. The summed E-state index contributed by atoms with van der Waals surface area (Å²) in [7, 11) is 0. The molecule has 220 valence electrons. The maximum atomic E-state index is 11.1. The lowest BCUT2D eigenvalue weighted by molar-refractivity contribution is -0.117. The van der Waals surface area contributed by atoms with E-state index in [-0.39, 0.29) is 5.91 Å². The van der Waals surface area contributed by atoms with Gasteiger partial charge in [0.1, 0.15) is 11.5 Å². The van der Waals surface area contributed by atoms with Crippen LogP contribution in [-0.4, -0.2) is 32.2 Å². The van der Waals surface area contributed by atoms with Crippen molar-refractivity contribution in [2.45, 2.75) is 51.4 Å². The van der Waals surface area contributed by atoms with Crippen LogP contribution in [0, 0.1) is 0 Å². The predicted molar refractivity (Wildman–Crippen MR) is 172 cm³/mol. The number of nitrogens with two attached hydrogens (primary N) is 1. The van der Waals surface area contributed by atoms with Gasteiger partial charge < -0.3 is 20.1 Å². The molecule has 0 aromatic heterocycles. The minimum atomic E-state index is -0.280. The third-order valence-corrected chi connectivity index (χ3v) is 7.48. The van der Waals surface area contributed by atoms with E-state index in [0.717, 1.165) is 62.4 Å². The Labute approximate surface area is 251 Å². The van der Waals surface area contributed by atoms with Crippen LogP contribution < -0.4 is 20.1 Å². The van der Waals surface area contributed by atoms with Gasteiger partial charge in [-0.05, 0) is 78.8 Å². The van der Waals surface area contributed by atoms with Crippen molar-refractivity contribution in [3.8, 4) is 11.5 Å². The standard InChI is InChI=1S/C37H44N2O3/c1-2-3-28-41-35-22-18-33(19-23-35)39(26-10-29-42-34-20-15-30(16-21-34)17-24-37(38)40)27-25-36(31-11-6-4-7-12-31)32-13-8-5-9-14-32/h4-9,11-16,18-23,36H,2-3,10,17,24-29H2,1H3,(H2,38,40). The van der Waals surface area contributed by atoms with E-state index in [1.54, 1.807) is 0 Å². The summed E-state index contributed by atoms with van der Waals surface area (Å²) < 4.78 is 12.0. The molecule has 5 heteroatoms. The summed E-state index contributed by atoms with van der Waals surface area (Å²) in [5.41, 5.74) is 10.2. The lowest BCUT2D eigenvalue weighted by atomic mass is 9.88. The average molecular weight is 565 g/mol. The van der Waals surface area contributed by atoms with Crippen molar-refractivity contribution in [1.29, 1.82) is 0 Å². The van der Waals surface area contributed by atoms with E-state index < -0.39 is 0 Å². The summed E-state index contributed by atoms with van der Waals surface area (Å²) in [4.78, 5) is 13.5. The summed E-state index contributed by atoms with van der Waals surface area (Å²) in [5.74, 6) is 1.79. The molecule has 0 fully saturated rings. The molecule has 0 radical (unpaired) electrons. The SMILES string of the molecule is CCCCOc1ccc(N(CCCOc2ccc(CCC(N)=O)cc2)CCC(c2ccccc2)c2ccccc2)cc1. The van der Waals surface area contributed by atoms with E-state index in [1.165, 1.54) is 16.8 Å². The van der Waals surface area contributed by atoms with Crippen LogP contribution in [0.1, 0.15) is 61.6 Å². The summed E-state index contributed by atoms with van der Waals surface area (Å²) in [6.45, 7) is 5.34. The molecular weight excluding hydrogens is 520 g/mol. The monoisotopic (exact) mass is 564 g/mol. The number of nitrogens with zero attached hydrogens (tertiary/aromatic N) is 1. The van der Waals surface area contributed by atoms with Crippen LogP contribution >= 0.6 is 0 Å². The quantitative estimate of drug-likeness (QED) is 0.125. The van der Waals surface area contributed by atoms with Crippen molar-refractivity contribution in [2.24, 2.45) is 5.73 Å². The molecule has 4 aromatic rings. The van der Waals surface area contributed by atoms with Gasteiger partial charge in [-0.2, -0.15) is 0 Å². The van der Waals surface area contributed by atoms with Crippen molar-refractivity contribution in [1.82, 2.24) is 0 Å². The highest BCUT2D eigenvalue weighted by atomic mass is 16.5. The fourth-order valence-electron chi connectivity index (χ4n) is 5.10. The van der Waals surface area contributed by atoms with Gasteiger partial charge in [0.05, 0.1) is 13.2 Å². The third kappa shape index (κ3) is 9.99. The van der Waals surface area contributed by atoms with Gasteiger partial charge in [0.15, 0.2) is 0 Å². The zero-order chi connectivity index (χ0) is 29.4. The highest BCUT2D eigenvalue weighted by Gasteiger charge is 2.16. The number of amides is 1. The highest BCUT2D eigenvalue weighted by molar-refractivity contribution is 5.74. The smallest absolute Gasteiger partial charge is 0.217 e. The van der Waals surface area contributed by atoms with Gasteiger partial charge in [0, 0.05) is 31.1 Å². The van der Waals surface area contributed by atoms with Crippen LogP contribution in [0.4, 0.5) is 5.69 Å². The van der Waals surface area contributed by atoms with Gasteiger partial charge in [0.25, 0.3) is 0 Å².